The number of rotatable bonds is 7. The number of methoxy groups -OCH3 is 1. The van der Waals surface area contributed by atoms with Crippen molar-refractivity contribution in [2.75, 3.05) is 25.2 Å². The molecule has 116 valence electrons. The molecule has 1 aliphatic rings. The SMILES string of the molecule is CCSCCC(C)N1C(=O)CNC1c1cccc(OC)c1. The first kappa shape index (κ1) is 16.2. The second kappa shape index (κ2) is 7.71. The van der Waals surface area contributed by atoms with Crippen LogP contribution < -0.4 is 10.1 Å². The minimum atomic E-state index is -0.0470. The van der Waals surface area contributed by atoms with Gasteiger partial charge in [-0.25, -0.2) is 0 Å². The Bertz CT molecular complexity index is 481. The molecule has 0 spiro atoms. The van der Waals surface area contributed by atoms with Gasteiger partial charge in [0.05, 0.1) is 13.7 Å². The lowest BCUT2D eigenvalue weighted by Crippen LogP contribution is -2.38. The Hall–Kier alpha value is -1.20. The molecule has 2 atom stereocenters. The second-order valence-electron chi connectivity index (χ2n) is 5.20. The topological polar surface area (TPSA) is 41.6 Å². The normalized spacial score (nSPS) is 19.9. The predicted molar refractivity (Wildman–Crippen MR) is 87.7 cm³/mol. The molecule has 2 unspecified atom stereocenters. The van der Waals surface area contributed by atoms with Crippen LogP contribution in [-0.2, 0) is 4.79 Å². The predicted octanol–water partition coefficient (Wildman–Crippen LogP) is 2.66. The van der Waals surface area contributed by atoms with Crippen LogP contribution >= 0.6 is 11.8 Å². The van der Waals surface area contributed by atoms with Gasteiger partial charge in [-0.15, -0.1) is 0 Å². The first-order valence-electron chi connectivity index (χ1n) is 7.43. The van der Waals surface area contributed by atoms with E-state index in [-0.39, 0.29) is 18.1 Å². The average Bonchev–Trinajstić information content (AvgIpc) is 2.89. The molecule has 0 radical (unpaired) electrons. The van der Waals surface area contributed by atoms with E-state index in [1.807, 2.05) is 40.9 Å². The van der Waals surface area contributed by atoms with Crippen LogP contribution in [0.3, 0.4) is 0 Å². The fourth-order valence-electron chi connectivity index (χ4n) is 2.65. The standard InChI is InChI=1S/C16H24N2O2S/c1-4-21-9-8-12(2)18-15(19)11-17-16(18)13-6-5-7-14(10-13)20-3/h5-7,10,12,16-17H,4,8-9,11H2,1-3H3. The molecule has 0 bridgehead atoms. The molecule has 5 heteroatoms. The number of nitrogens with one attached hydrogen (secondary N) is 1. The van der Waals surface area contributed by atoms with E-state index in [1.54, 1.807) is 7.11 Å². The number of thioether (sulfide) groups is 1. The highest BCUT2D eigenvalue weighted by Crippen LogP contribution is 2.28. The number of benzene rings is 1. The maximum absolute atomic E-state index is 12.2. The molecule has 4 nitrogen and oxygen atoms in total. The molecule has 0 aliphatic carbocycles. The molecule has 1 aromatic carbocycles. The third kappa shape index (κ3) is 3.92. The highest BCUT2D eigenvalue weighted by molar-refractivity contribution is 7.99. The molecule has 1 heterocycles. The maximum atomic E-state index is 12.2. The summed E-state index contributed by atoms with van der Waals surface area (Å²) in [6.07, 6.45) is 0.973. The Balaban J connectivity index is 2.11. The van der Waals surface area contributed by atoms with Gasteiger partial charge in [-0.3, -0.25) is 10.1 Å². The lowest BCUT2D eigenvalue weighted by Gasteiger charge is -2.31. The highest BCUT2D eigenvalue weighted by Gasteiger charge is 2.34. The minimum absolute atomic E-state index is 0.0470. The van der Waals surface area contributed by atoms with Gasteiger partial charge in [0.2, 0.25) is 5.91 Å². The second-order valence-corrected chi connectivity index (χ2v) is 6.59. The highest BCUT2D eigenvalue weighted by atomic mass is 32.2. The molecule has 1 N–H and O–H groups in total. The van der Waals surface area contributed by atoms with Crippen LogP contribution in [0.4, 0.5) is 0 Å². The summed E-state index contributed by atoms with van der Waals surface area (Å²) >= 11 is 1.92. The molecule has 21 heavy (non-hydrogen) atoms. The molecular weight excluding hydrogens is 284 g/mol. The van der Waals surface area contributed by atoms with Crippen molar-refractivity contribution in [2.24, 2.45) is 0 Å². The van der Waals surface area contributed by atoms with E-state index in [0.29, 0.717) is 6.54 Å². The van der Waals surface area contributed by atoms with Crippen molar-refractivity contribution in [2.45, 2.75) is 32.5 Å². The Kier molecular flexibility index (Phi) is 5.94. The van der Waals surface area contributed by atoms with Gasteiger partial charge in [-0.1, -0.05) is 19.1 Å². The number of hydrogen-bond donors (Lipinski definition) is 1. The number of amides is 1. The van der Waals surface area contributed by atoms with Crippen LogP contribution in [0.15, 0.2) is 24.3 Å². The largest absolute Gasteiger partial charge is 0.497 e. The van der Waals surface area contributed by atoms with Crippen molar-refractivity contribution < 1.29 is 9.53 Å². The number of hydrogen-bond acceptors (Lipinski definition) is 4. The quantitative estimate of drug-likeness (QED) is 0.786. The molecule has 0 saturated carbocycles. The molecule has 0 aromatic heterocycles. The number of carbonyl (C=O) groups excluding carboxylic acids is 1. The minimum Gasteiger partial charge on any atom is -0.497 e. The van der Waals surface area contributed by atoms with E-state index in [9.17, 15) is 4.79 Å². The molecule has 1 amide bonds. The van der Waals surface area contributed by atoms with E-state index in [0.717, 1.165) is 29.2 Å². The molecular formula is C16H24N2O2S. The fourth-order valence-corrected chi connectivity index (χ4v) is 3.44. The summed E-state index contributed by atoms with van der Waals surface area (Å²) in [6, 6.07) is 8.17. The molecule has 1 saturated heterocycles. The fraction of sp³-hybridized carbons (Fsp3) is 0.562. The van der Waals surface area contributed by atoms with Crippen LogP contribution in [0.2, 0.25) is 0 Å². The van der Waals surface area contributed by atoms with Crippen LogP contribution in [-0.4, -0.2) is 42.0 Å². The van der Waals surface area contributed by atoms with Crippen molar-refractivity contribution in [3.05, 3.63) is 29.8 Å². The molecule has 1 aromatic rings. The third-order valence-electron chi connectivity index (χ3n) is 3.78. The summed E-state index contributed by atoms with van der Waals surface area (Å²) in [5.41, 5.74) is 1.08. The van der Waals surface area contributed by atoms with Crippen molar-refractivity contribution in [1.29, 1.82) is 0 Å². The van der Waals surface area contributed by atoms with E-state index in [1.165, 1.54) is 0 Å². The number of ether oxygens (including phenoxy) is 1. The molecule has 2 rings (SSSR count). The monoisotopic (exact) mass is 308 g/mol. The summed E-state index contributed by atoms with van der Waals surface area (Å²) in [4.78, 5) is 14.2. The zero-order chi connectivity index (χ0) is 15.2. The smallest absolute Gasteiger partial charge is 0.238 e. The van der Waals surface area contributed by atoms with Gasteiger partial charge in [-0.05, 0) is 42.5 Å². The van der Waals surface area contributed by atoms with Gasteiger partial charge in [-0.2, -0.15) is 11.8 Å². The average molecular weight is 308 g/mol. The Morgan fingerprint density at radius 3 is 3.05 bits per heavy atom. The van der Waals surface area contributed by atoms with Crippen LogP contribution in [0, 0.1) is 0 Å². The van der Waals surface area contributed by atoms with Crippen LogP contribution in [0.5, 0.6) is 5.75 Å². The lowest BCUT2D eigenvalue weighted by molar-refractivity contribution is -0.130. The van der Waals surface area contributed by atoms with Gasteiger partial charge >= 0.3 is 0 Å². The van der Waals surface area contributed by atoms with Gasteiger partial charge in [0, 0.05) is 6.04 Å². The maximum Gasteiger partial charge on any atom is 0.238 e. The molecule has 1 fully saturated rings. The van der Waals surface area contributed by atoms with E-state index in [2.05, 4.69) is 19.2 Å². The Morgan fingerprint density at radius 1 is 1.52 bits per heavy atom. The van der Waals surface area contributed by atoms with Gasteiger partial charge in [0.15, 0.2) is 0 Å². The lowest BCUT2D eigenvalue weighted by atomic mass is 10.1. The first-order chi connectivity index (χ1) is 10.2. The van der Waals surface area contributed by atoms with Crippen molar-refractivity contribution in [3.8, 4) is 5.75 Å². The zero-order valence-electron chi connectivity index (χ0n) is 13.0. The van der Waals surface area contributed by atoms with Crippen LogP contribution in [0.1, 0.15) is 32.0 Å². The summed E-state index contributed by atoms with van der Waals surface area (Å²) in [6.45, 7) is 4.71. The van der Waals surface area contributed by atoms with Crippen molar-refractivity contribution in [3.63, 3.8) is 0 Å². The van der Waals surface area contributed by atoms with E-state index < -0.39 is 0 Å². The molecule has 1 aliphatic heterocycles. The van der Waals surface area contributed by atoms with Gasteiger partial charge in [0.25, 0.3) is 0 Å². The van der Waals surface area contributed by atoms with Crippen molar-refractivity contribution in [1.82, 2.24) is 10.2 Å². The summed E-state index contributed by atoms with van der Waals surface area (Å²) < 4.78 is 5.28. The van der Waals surface area contributed by atoms with E-state index >= 15 is 0 Å². The Morgan fingerprint density at radius 2 is 2.33 bits per heavy atom. The van der Waals surface area contributed by atoms with Gasteiger partial charge < -0.3 is 9.64 Å². The number of nitrogens with zero attached hydrogens (tertiary/aromatic N) is 1. The first-order valence-corrected chi connectivity index (χ1v) is 8.59. The Labute approximate surface area is 131 Å². The zero-order valence-corrected chi connectivity index (χ0v) is 13.8. The third-order valence-corrected chi connectivity index (χ3v) is 4.71. The van der Waals surface area contributed by atoms with E-state index in [4.69, 9.17) is 4.74 Å². The summed E-state index contributed by atoms with van der Waals surface area (Å²) in [7, 11) is 1.66. The summed E-state index contributed by atoms with van der Waals surface area (Å²) in [5.74, 6) is 3.21. The summed E-state index contributed by atoms with van der Waals surface area (Å²) in [5, 5.41) is 3.31. The number of carbonyl (C=O) groups is 1. The van der Waals surface area contributed by atoms with Crippen LogP contribution in [0.25, 0.3) is 0 Å². The van der Waals surface area contributed by atoms with Crippen molar-refractivity contribution >= 4 is 17.7 Å². The van der Waals surface area contributed by atoms with Gasteiger partial charge in [0.1, 0.15) is 11.9 Å².